The monoisotopic (exact) mass is 262 g/mol. The smallest absolute Gasteiger partial charge is 0.180 e. The predicted molar refractivity (Wildman–Crippen MR) is 45.3 cm³/mol. The van der Waals surface area contributed by atoms with E-state index >= 15 is 0 Å². The van der Waals surface area contributed by atoms with Gasteiger partial charge in [-0.25, -0.2) is 0 Å². The Balaban J connectivity index is 0.000000845. The number of halogens is 1. The summed E-state index contributed by atoms with van der Waals surface area (Å²) in [7, 11) is 0. The molecule has 0 bridgehead atoms. The Labute approximate surface area is 103 Å². The number of ether oxygens (including phenoxy) is 2. The van der Waals surface area contributed by atoms with Crippen molar-refractivity contribution in [3.8, 4) is 0 Å². The van der Waals surface area contributed by atoms with Crippen LogP contribution in [0, 0.1) is 6.42 Å². The summed E-state index contributed by atoms with van der Waals surface area (Å²) in [6.07, 6.45) is 8.52. The predicted octanol–water partition coefficient (Wildman–Crippen LogP) is -1.39. The first-order chi connectivity index (χ1) is 5.97. The van der Waals surface area contributed by atoms with E-state index in [-0.39, 0.29) is 38.2 Å². The second-order valence-electron chi connectivity index (χ2n) is 2.76. The van der Waals surface area contributed by atoms with Crippen molar-refractivity contribution in [2.24, 2.45) is 0 Å². The van der Waals surface area contributed by atoms with Crippen LogP contribution in [-0.4, -0.2) is 19.5 Å². The minimum atomic E-state index is -0.159. The number of rotatable bonds is 1. The van der Waals surface area contributed by atoms with E-state index in [1.807, 2.05) is 24.6 Å². The van der Waals surface area contributed by atoms with Crippen molar-refractivity contribution in [2.75, 3.05) is 13.2 Å². The quantitative estimate of drug-likeness (QED) is 0.429. The van der Waals surface area contributed by atoms with Gasteiger partial charge in [0.25, 0.3) is 0 Å². The van der Waals surface area contributed by atoms with E-state index in [0.29, 0.717) is 0 Å². The molecule has 2 rings (SSSR count). The van der Waals surface area contributed by atoms with Crippen LogP contribution in [0.3, 0.4) is 0 Å². The Bertz CT molecular complexity index is 251. The van der Waals surface area contributed by atoms with Gasteiger partial charge in [0, 0.05) is 25.9 Å². The molecule has 1 heterocycles. The Morgan fingerprint density at radius 1 is 1.21 bits per heavy atom. The van der Waals surface area contributed by atoms with Crippen molar-refractivity contribution >= 4 is 0 Å². The molecule has 0 atom stereocenters. The van der Waals surface area contributed by atoms with Gasteiger partial charge in [-0.1, -0.05) is 0 Å². The minimum absolute atomic E-state index is 0. The number of hydrogen-bond donors (Lipinski definition) is 0. The van der Waals surface area contributed by atoms with Crippen molar-refractivity contribution in [1.82, 2.24) is 0 Å². The van der Waals surface area contributed by atoms with Crippen LogP contribution in [-0.2, 0) is 29.0 Å². The van der Waals surface area contributed by atoms with E-state index in [4.69, 9.17) is 9.47 Å². The molecule has 0 aromatic rings. The van der Waals surface area contributed by atoms with E-state index in [1.54, 1.807) is 0 Å². The third-order valence-corrected chi connectivity index (χ3v) is 1.84. The molecule has 1 radical (unpaired) electrons. The van der Waals surface area contributed by atoms with Crippen LogP contribution in [0.4, 0.5) is 0 Å². The molecule has 0 aromatic carbocycles. The normalized spacial score (nSPS) is 20.7. The zero-order valence-corrected chi connectivity index (χ0v) is 11.6. The van der Waals surface area contributed by atoms with E-state index < -0.39 is 0 Å². The fourth-order valence-corrected chi connectivity index (χ4v) is 1.24. The van der Waals surface area contributed by atoms with Crippen molar-refractivity contribution in [1.29, 1.82) is 0 Å². The largest absolute Gasteiger partial charge is 1.00 e. The Hall–Kier alpha value is 0.0934. The molecule has 14 heavy (non-hydrogen) atoms. The van der Waals surface area contributed by atoms with Crippen molar-refractivity contribution in [3.05, 3.63) is 36.0 Å². The fourth-order valence-electron chi connectivity index (χ4n) is 1.24. The minimum Gasteiger partial charge on any atom is -1.00 e. The Morgan fingerprint density at radius 2 is 1.93 bits per heavy atom. The topological polar surface area (TPSA) is 18.5 Å². The first kappa shape index (κ1) is 14.1. The molecule has 1 saturated heterocycles. The molecule has 0 saturated carbocycles. The summed E-state index contributed by atoms with van der Waals surface area (Å²) >= 11 is 0. The van der Waals surface area contributed by atoms with Gasteiger partial charge in [-0.15, -0.1) is 5.73 Å². The molecule has 1 aliphatic carbocycles. The molecule has 2 nitrogen and oxygen atoms in total. The number of hydrogen-bond acceptors (Lipinski definition) is 2. The van der Waals surface area contributed by atoms with Crippen LogP contribution in [0.15, 0.2) is 29.5 Å². The molecule has 0 amide bonds. The second kappa shape index (κ2) is 7.39. The van der Waals surface area contributed by atoms with Gasteiger partial charge in [0.2, 0.25) is 0 Å². The van der Waals surface area contributed by atoms with Gasteiger partial charge >= 0.3 is 0 Å². The van der Waals surface area contributed by atoms with Crippen molar-refractivity contribution < 1.29 is 41.4 Å². The van der Waals surface area contributed by atoms with Gasteiger partial charge in [0.05, 0.1) is 13.2 Å². The van der Waals surface area contributed by atoms with E-state index in [0.717, 1.165) is 25.2 Å². The average molecular weight is 264 g/mol. The SMILES string of the molecule is C1=C[CH]C(C2OCCCO2)=CC=1.[Cl-].[Zn]. The van der Waals surface area contributed by atoms with E-state index in [9.17, 15) is 0 Å². The zero-order valence-electron chi connectivity index (χ0n) is 7.91. The fraction of sp³-hybridized carbons (Fsp3) is 0.400. The zero-order chi connectivity index (χ0) is 8.23. The van der Waals surface area contributed by atoms with Crippen LogP contribution in [0.25, 0.3) is 0 Å². The van der Waals surface area contributed by atoms with E-state index in [1.165, 1.54) is 0 Å². The van der Waals surface area contributed by atoms with Crippen LogP contribution >= 0.6 is 0 Å². The van der Waals surface area contributed by atoms with Crippen molar-refractivity contribution in [2.45, 2.75) is 12.7 Å². The molecular weight excluding hydrogens is 253 g/mol. The molecule has 2 aliphatic rings. The van der Waals surface area contributed by atoms with Gasteiger partial charge < -0.3 is 21.9 Å². The first-order valence-corrected chi connectivity index (χ1v) is 4.16. The van der Waals surface area contributed by atoms with Crippen LogP contribution in [0.5, 0.6) is 0 Å². The number of allylic oxidation sites excluding steroid dienone is 2. The third-order valence-electron chi connectivity index (χ3n) is 1.84. The Morgan fingerprint density at radius 3 is 2.50 bits per heavy atom. The molecule has 4 heteroatoms. The summed E-state index contributed by atoms with van der Waals surface area (Å²) < 4.78 is 10.9. The summed E-state index contributed by atoms with van der Waals surface area (Å²) in [5.41, 5.74) is 4.04. The van der Waals surface area contributed by atoms with Gasteiger partial charge in [-0.2, -0.15) is 0 Å². The first-order valence-electron chi connectivity index (χ1n) is 4.16. The Kier molecular flexibility index (Phi) is 7.44. The van der Waals surface area contributed by atoms with Gasteiger partial charge in [0.1, 0.15) is 0 Å². The van der Waals surface area contributed by atoms with Crippen molar-refractivity contribution in [3.63, 3.8) is 0 Å². The summed E-state index contributed by atoms with van der Waals surface area (Å²) in [5, 5.41) is 0. The molecule has 0 unspecified atom stereocenters. The van der Waals surface area contributed by atoms with Gasteiger partial charge in [-0.3, -0.25) is 0 Å². The van der Waals surface area contributed by atoms with Crippen LogP contribution in [0.1, 0.15) is 6.42 Å². The third kappa shape index (κ3) is 3.69. The van der Waals surface area contributed by atoms with Gasteiger partial charge in [0.15, 0.2) is 6.29 Å². The van der Waals surface area contributed by atoms with Gasteiger partial charge in [-0.05, 0) is 30.2 Å². The summed E-state index contributed by atoms with van der Waals surface area (Å²) in [6.45, 7) is 1.59. The molecule has 1 fully saturated rings. The molecular formula is C10H11ClO2Zn-. The maximum atomic E-state index is 5.43. The summed E-state index contributed by atoms with van der Waals surface area (Å²) in [4.78, 5) is 0. The van der Waals surface area contributed by atoms with Crippen LogP contribution in [0.2, 0.25) is 0 Å². The second-order valence-corrected chi connectivity index (χ2v) is 2.76. The average Bonchev–Trinajstić information content (AvgIpc) is 2.21. The van der Waals surface area contributed by atoms with E-state index in [2.05, 4.69) is 5.73 Å². The molecule has 1 aliphatic heterocycles. The summed E-state index contributed by atoms with van der Waals surface area (Å²) in [5.74, 6) is 0. The standard InChI is InChI=1S/C10H11O2.ClH.Zn/c1-2-5-9(6-3-1)10-11-7-4-8-12-10;;/h2-3,5-6,10H,4,7-8H2;1H;/p-1. The molecule has 0 N–H and O–H groups in total. The molecule has 73 valence electrons. The molecule has 0 spiro atoms. The van der Waals surface area contributed by atoms with Crippen LogP contribution < -0.4 is 12.4 Å². The maximum absolute atomic E-state index is 5.43. The maximum Gasteiger partial charge on any atom is 0.180 e. The summed E-state index contributed by atoms with van der Waals surface area (Å²) in [6, 6.07) is 0. The molecule has 0 aromatic heterocycles.